The van der Waals surface area contributed by atoms with E-state index in [2.05, 4.69) is 10.6 Å². The topological polar surface area (TPSA) is 114 Å². The Bertz CT molecular complexity index is 1050. The Kier molecular flexibility index (Phi) is 7.70. The lowest BCUT2D eigenvalue weighted by Crippen LogP contribution is -2.32. The molecule has 2 amide bonds. The number of carbonyl (C=O) groups excluding carboxylic acids is 2. The van der Waals surface area contributed by atoms with Gasteiger partial charge >= 0.3 is 0 Å². The van der Waals surface area contributed by atoms with Crippen LogP contribution in [-0.2, 0) is 19.6 Å². The smallest absolute Gasteiger partial charge is 0.262 e. The highest BCUT2D eigenvalue weighted by Gasteiger charge is 2.18. The molecule has 2 N–H and O–H groups in total. The van der Waals surface area contributed by atoms with Crippen molar-refractivity contribution in [2.24, 2.45) is 0 Å². The lowest BCUT2D eigenvalue weighted by atomic mass is 10.1. The van der Waals surface area contributed by atoms with Gasteiger partial charge in [0.1, 0.15) is 5.75 Å². The van der Waals surface area contributed by atoms with Crippen LogP contribution in [0.3, 0.4) is 0 Å². The summed E-state index contributed by atoms with van der Waals surface area (Å²) >= 11 is 0. The fourth-order valence-electron chi connectivity index (χ4n) is 3.18. The molecule has 0 radical (unpaired) electrons. The maximum absolute atomic E-state index is 12.5. The zero-order chi connectivity index (χ0) is 23.1. The zero-order valence-electron chi connectivity index (χ0n) is 18.0. The third-order valence-electron chi connectivity index (χ3n) is 5.03. The van der Waals surface area contributed by atoms with Crippen LogP contribution in [0.25, 0.3) is 0 Å². The lowest BCUT2D eigenvalue weighted by molar-refractivity contribution is -0.118. The Morgan fingerprint density at radius 3 is 2.53 bits per heavy atom. The van der Waals surface area contributed by atoms with E-state index < -0.39 is 15.9 Å². The summed E-state index contributed by atoms with van der Waals surface area (Å²) in [6.07, 6.45) is 3.05. The molecule has 0 aromatic heterocycles. The van der Waals surface area contributed by atoms with Crippen LogP contribution in [0.15, 0.2) is 48.5 Å². The number of ether oxygens (including phenoxy) is 2. The normalized spacial score (nSPS) is 15.8. The minimum atomic E-state index is -3.36. The van der Waals surface area contributed by atoms with Gasteiger partial charge in [0.25, 0.3) is 11.8 Å². The van der Waals surface area contributed by atoms with Gasteiger partial charge < -0.3 is 20.1 Å². The predicted octanol–water partition coefficient (Wildman–Crippen LogP) is 2.01. The van der Waals surface area contributed by atoms with Crippen molar-refractivity contribution in [3.05, 3.63) is 54.1 Å². The predicted molar refractivity (Wildman–Crippen MR) is 122 cm³/mol. The summed E-state index contributed by atoms with van der Waals surface area (Å²) in [6.45, 7) is 0.867. The van der Waals surface area contributed by atoms with Crippen LogP contribution in [0.1, 0.15) is 23.2 Å². The molecule has 1 fully saturated rings. The fraction of sp³-hybridized carbons (Fsp3) is 0.364. The zero-order valence-corrected chi connectivity index (χ0v) is 18.9. The Labute approximate surface area is 187 Å². The van der Waals surface area contributed by atoms with Crippen LogP contribution >= 0.6 is 0 Å². The maximum Gasteiger partial charge on any atom is 0.262 e. The SMILES string of the molecule is CN(c1ccc(OCC(=O)Nc2ccccc2C(=O)NCC2CCCO2)cc1)S(C)(=O)=O. The molecule has 1 saturated heterocycles. The molecule has 0 aliphatic carbocycles. The van der Waals surface area contributed by atoms with Gasteiger partial charge in [-0.25, -0.2) is 8.42 Å². The number of sulfonamides is 1. The number of para-hydroxylation sites is 1. The van der Waals surface area contributed by atoms with Crippen molar-refractivity contribution < 1.29 is 27.5 Å². The molecular weight excluding hydrogens is 434 g/mol. The quantitative estimate of drug-likeness (QED) is 0.591. The van der Waals surface area contributed by atoms with Crippen LogP contribution in [0.2, 0.25) is 0 Å². The number of hydrogen-bond donors (Lipinski definition) is 2. The van der Waals surface area contributed by atoms with Gasteiger partial charge in [-0.2, -0.15) is 0 Å². The molecule has 2 aromatic rings. The van der Waals surface area contributed by atoms with Gasteiger partial charge in [0.05, 0.1) is 29.3 Å². The number of benzene rings is 2. The van der Waals surface area contributed by atoms with Gasteiger partial charge in [0.15, 0.2) is 6.61 Å². The number of carbonyl (C=O) groups is 2. The third kappa shape index (κ3) is 6.44. The van der Waals surface area contributed by atoms with Crippen molar-refractivity contribution in [1.29, 1.82) is 0 Å². The molecule has 1 aliphatic heterocycles. The van der Waals surface area contributed by atoms with E-state index in [9.17, 15) is 18.0 Å². The van der Waals surface area contributed by atoms with Crippen LogP contribution in [-0.4, -0.2) is 59.4 Å². The minimum absolute atomic E-state index is 0.0257. The molecule has 3 rings (SSSR count). The van der Waals surface area contributed by atoms with Crippen LogP contribution in [0, 0.1) is 0 Å². The Balaban J connectivity index is 1.54. The van der Waals surface area contributed by atoms with Gasteiger partial charge in [0, 0.05) is 20.2 Å². The summed E-state index contributed by atoms with van der Waals surface area (Å²) in [5.41, 5.74) is 1.22. The largest absolute Gasteiger partial charge is 0.484 e. The number of nitrogens with one attached hydrogen (secondary N) is 2. The summed E-state index contributed by atoms with van der Waals surface area (Å²) in [4.78, 5) is 24.9. The number of hydrogen-bond acceptors (Lipinski definition) is 6. The second-order valence-corrected chi connectivity index (χ2v) is 9.47. The molecule has 10 heteroatoms. The molecule has 0 spiro atoms. The molecule has 1 heterocycles. The van der Waals surface area contributed by atoms with Gasteiger partial charge in [-0.1, -0.05) is 12.1 Å². The van der Waals surface area contributed by atoms with Gasteiger partial charge in [-0.3, -0.25) is 13.9 Å². The van der Waals surface area contributed by atoms with Crippen LogP contribution in [0.5, 0.6) is 5.75 Å². The van der Waals surface area contributed by atoms with Crippen molar-refractivity contribution in [3.63, 3.8) is 0 Å². The van der Waals surface area contributed by atoms with E-state index in [0.717, 1.165) is 23.4 Å². The molecule has 1 aliphatic rings. The van der Waals surface area contributed by atoms with Crippen molar-refractivity contribution in [3.8, 4) is 5.75 Å². The van der Waals surface area contributed by atoms with E-state index in [1.54, 1.807) is 48.5 Å². The third-order valence-corrected chi connectivity index (χ3v) is 6.23. The van der Waals surface area contributed by atoms with Crippen molar-refractivity contribution in [1.82, 2.24) is 5.32 Å². The van der Waals surface area contributed by atoms with Crippen LogP contribution in [0.4, 0.5) is 11.4 Å². The Morgan fingerprint density at radius 2 is 1.88 bits per heavy atom. The fourth-order valence-corrected chi connectivity index (χ4v) is 3.68. The highest BCUT2D eigenvalue weighted by Crippen LogP contribution is 2.20. The van der Waals surface area contributed by atoms with Crippen molar-refractivity contribution in [2.75, 3.05) is 42.7 Å². The van der Waals surface area contributed by atoms with E-state index in [1.165, 1.54) is 7.05 Å². The first-order chi connectivity index (χ1) is 15.2. The van der Waals surface area contributed by atoms with E-state index in [1.807, 2.05) is 0 Å². The van der Waals surface area contributed by atoms with E-state index in [-0.39, 0.29) is 18.6 Å². The van der Waals surface area contributed by atoms with Gasteiger partial charge in [0.2, 0.25) is 10.0 Å². The number of amides is 2. The Hall–Kier alpha value is -3.11. The summed E-state index contributed by atoms with van der Waals surface area (Å²) < 4.78 is 35.3. The number of anilines is 2. The number of nitrogens with zero attached hydrogens (tertiary/aromatic N) is 1. The highest BCUT2D eigenvalue weighted by molar-refractivity contribution is 7.92. The number of rotatable bonds is 9. The standard InChI is InChI=1S/C22H27N3O6S/c1-25(32(2,28)29)16-9-11-17(12-10-16)31-15-21(26)24-20-8-4-3-7-19(20)22(27)23-14-18-6-5-13-30-18/h3-4,7-12,18H,5-6,13-15H2,1-2H3,(H,23,27)(H,24,26). The molecule has 1 atom stereocenters. The van der Waals surface area contributed by atoms with Crippen LogP contribution < -0.4 is 19.7 Å². The average molecular weight is 462 g/mol. The molecule has 9 nitrogen and oxygen atoms in total. The molecule has 1 unspecified atom stereocenters. The first-order valence-electron chi connectivity index (χ1n) is 10.2. The maximum atomic E-state index is 12.5. The molecule has 2 aromatic carbocycles. The molecule has 0 saturated carbocycles. The average Bonchev–Trinajstić information content (AvgIpc) is 3.29. The second kappa shape index (κ2) is 10.5. The minimum Gasteiger partial charge on any atom is -0.484 e. The highest BCUT2D eigenvalue weighted by atomic mass is 32.2. The van der Waals surface area contributed by atoms with Crippen molar-refractivity contribution in [2.45, 2.75) is 18.9 Å². The van der Waals surface area contributed by atoms with Gasteiger partial charge in [-0.15, -0.1) is 0 Å². The molecule has 0 bridgehead atoms. The summed E-state index contributed by atoms with van der Waals surface area (Å²) in [7, 11) is -1.91. The van der Waals surface area contributed by atoms with Crippen molar-refractivity contribution >= 4 is 33.2 Å². The van der Waals surface area contributed by atoms with E-state index >= 15 is 0 Å². The lowest BCUT2D eigenvalue weighted by Gasteiger charge is -2.17. The summed E-state index contributed by atoms with van der Waals surface area (Å²) in [6, 6.07) is 13.1. The van der Waals surface area contributed by atoms with E-state index in [0.29, 0.717) is 35.8 Å². The summed E-state index contributed by atoms with van der Waals surface area (Å²) in [5.74, 6) is -0.307. The second-order valence-electron chi connectivity index (χ2n) is 7.45. The molecule has 172 valence electrons. The monoisotopic (exact) mass is 461 g/mol. The molecular formula is C22H27N3O6S. The first kappa shape index (κ1) is 23.6. The van der Waals surface area contributed by atoms with Gasteiger partial charge in [-0.05, 0) is 49.2 Å². The first-order valence-corrected chi connectivity index (χ1v) is 12.0. The summed E-state index contributed by atoms with van der Waals surface area (Å²) in [5, 5.41) is 5.54. The van der Waals surface area contributed by atoms with E-state index in [4.69, 9.17) is 9.47 Å². The molecule has 32 heavy (non-hydrogen) atoms. The Morgan fingerprint density at radius 1 is 1.16 bits per heavy atom.